The summed E-state index contributed by atoms with van der Waals surface area (Å²) >= 11 is 5.79. The van der Waals surface area contributed by atoms with Crippen LogP contribution < -0.4 is 10.2 Å². The Hall–Kier alpha value is -3.44. The Morgan fingerprint density at radius 2 is 1.63 bits per heavy atom. The summed E-state index contributed by atoms with van der Waals surface area (Å²) in [5.74, 6) is 0. The van der Waals surface area contributed by atoms with Gasteiger partial charge >= 0.3 is 0 Å². The van der Waals surface area contributed by atoms with Crippen LogP contribution in [0.2, 0.25) is 0 Å². The van der Waals surface area contributed by atoms with Crippen LogP contribution in [-0.4, -0.2) is 14.7 Å². The van der Waals surface area contributed by atoms with Crippen molar-refractivity contribution in [1.82, 2.24) is 14.9 Å². The molecule has 3 heterocycles. The van der Waals surface area contributed by atoms with Crippen molar-refractivity contribution in [2.45, 2.75) is 19.0 Å². The molecule has 148 valence electrons. The Bertz CT molecular complexity index is 1150. The standard InChI is InChI=1S/C25H22N4S/c1-18-10-12-21(13-11-18)29-24(23(27-25(29)30)22-9-5-6-15-26-22)19-14-16-28(17-19)20-7-3-2-4-8-20/h2-17,23-24H,1H3,(H,27,30)/t23-,24+/m0/s1. The minimum atomic E-state index is -0.0355. The number of nitrogens with one attached hydrogen (secondary N) is 1. The van der Waals surface area contributed by atoms with E-state index in [0.717, 1.165) is 17.1 Å². The van der Waals surface area contributed by atoms with Gasteiger partial charge in [-0.3, -0.25) is 4.98 Å². The molecule has 1 aliphatic heterocycles. The van der Waals surface area contributed by atoms with Crippen molar-refractivity contribution < 1.29 is 0 Å². The van der Waals surface area contributed by atoms with Gasteiger partial charge in [0.25, 0.3) is 0 Å². The molecule has 4 aromatic rings. The number of thiocarbonyl (C=S) groups is 1. The molecule has 0 saturated carbocycles. The predicted octanol–water partition coefficient (Wildman–Crippen LogP) is 5.36. The molecule has 0 bridgehead atoms. The fourth-order valence-corrected chi connectivity index (χ4v) is 4.37. The Balaban J connectivity index is 1.60. The lowest BCUT2D eigenvalue weighted by molar-refractivity contribution is 0.568. The van der Waals surface area contributed by atoms with Gasteiger partial charge in [0.15, 0.2) is 5.11 Å². The number of hydrogen-bond acceptors (Lipinski definition) is 2. The summed E-state index contributed by atoms with van der Waals surface area (Å²) in [6.07, 6.45) is 6.13. The zero-order valence-corrected chi connectivity index (χ0v) is 17.5. The molecule has 2 aromatic carbocycles. The number of hydrogen-bond donors (Lipinski definition) is 1. The summed E-state index contributed by atoms with van der Waals surface area (Å²) in [6.45, 7) is 2.10. The summed E-state index contributed by atoms with van der Waals surface area (Å²) in [4.78, 5) is 6.83. The van der Waals surface area contributed by atoms with Gasteiger partial charge in [-0.25, -0.2) is 0 Å². The Labute approximate surface area is 181 Å². The minimum absolute atomic E-state index is 0.0000633. The third kappa shape index (κ3) is 3.37. The van der Waals surface area contributed by atoms with Gasteiger partial charge in [-0.05, 0) is 67.2 Å². The highest BCUT2D eigenvalue weighted by Crippen LogP contribution is 2.41. The number of aryl methyl sites for hydroxylation is 1. The molecular weight excluding hydrogens is 388 g/mol. The quantitative estimate of drug-likeness (QED) is 0.459. The van der Waals surface area contributed by atoms with Crippen LogP contribution in [0.5, 0.6) is 0 Å². The van der Waals surface area contributed by atoms with Crippen LogP contribution in [0, 0.1) is 6.92 Å². The molecule has 1 N–H and O–H groups in total. The molecule has 1 aliphatic rings. The number of aromatic nitrogens is 2. The van der Waals surface area contributed by atoms with Gasteiger partial charge in [0, 0.05) is 30.0 Å². The lowest BCUT2D eigenvalue weighted by Crippen LogP contribution is -2.29. The summed E-state index contributed by atoms with van der Waals surface area (Å²) in [6, 6.07) is 27.0. The van der Waals surface area contributed by atoms with Crippen LogP contribution in [0.4, 0.5) is 5.69 Å². The lowest BCUT2D eigenvalue weighted by atomic mass is 9.98. The van der Waals surface area contributed by atoms with E-state index in [2.05, 4.69) is 99.7 Å². The van der Waals surface area contributed by atoms with Crippen molar-refractivity contribution in [2.24, 2.45) is 0 Å². The van der Waals surface area contributed by atoms with Crippen molar-refractivity contribution in [3.05, 3.63) is 114 Å². The smallest absolute Gasteiger partial charge is 0.174 e. The summed E-state index contributed by atoms with van der Waals surface area (Å²) in [5.41, 5.74) is 5.60. The monoisotopic (exact) mass is 410 g/mol. The van der Waals surface area contributed by atoms with E-state index < -0.39 is 0 Å². The highest BCUT2D eigenvalue weighted by atomic mass is 32.1. The molecule has 30 heavy (non-hydrogen) atoms. The molecule has 1 saturated heterocycles. The second-order valence-electron chi connectivity index (χ2n) is 7.52. The van der Waals surface area contributed by atoms with Gasteiger partial charge in [-0.1, -0.05) is 42.0 Å². The molecule has 2 atom stereocenters. The van der Waals surface area contributed by atoms with E-state index in [-0.39, 0.29) is 12.1 Å². The van der Waals surface area contributed by atoms with Gasteiger partial charge in [0.05, 0.1) is 17.8 Å². The average Bonchev–Trinajstić information content (AvgIpc) is 3.40. The Morgan fingerprint density at radius 1 is 0.867 bits per heavy atom. The molecule has 0 radical (unpaired) electrons. The number of nitrogens with zero attached hydrogens (tertiary/aromatic N) is 3. The first-order valence-electron chi connectivity index (χ1n) is 10.0. The first kappa shape index (κ1) is 18.6. The largest absolute Gasteiger partial charge is 0.351 e. The predicted molar refractivity (Wildman–Crippen MR) is 125 cm³/mol. The van der Waals surface area contributed by atoms with Crippen LogP contribution in [-0.2, 0) is 0 Å². The maximum absolute atomic E-state index is 5.79. The van der Waals surface area contributed by atoms with Crippen LogP contribution in [0.1, 0.15) is 28.9 Å². The van der Waals surface area contributed by atoms with E-state index in [4.69, 9.17) is 12.2 Å². The van der Waals surface area contributed by atoms with E-state index in [0.29, 0.717) is 5.11 Å². The first-order valence-corrected chi connectivity index (χ1v) is 10.4. The van der Waals surface area contributed by atoms with Gasteiger partial charge in [0.2, 0.25) is 0 Å². The van der Waals surface area contributed by atoms with Crippen molar-refractivity contribution in [3.8, 4) is 5.69 Å². The van der Waals surface area contributed by atoms with Gasteiger partial charge in [-0.2, -0.15) is 0 Å². The van der Waals surface area contributed by atoms with E-state index in [9.17, 15) is 0 Å². The first-order chi connectivity index (χ1) is 14.7. The maximum Gasteiger partial charge on any atom is 0.174 e. The topological polar surface area (TPSA) is 33.1 Å². The normalized spacial score (nSPS) is 18.4. The van der Waals surface area contributed by atoms with Crippen LogP contribution in [0.25, 0.3) is 5.69 Å². The number of rotatable bonds is 4. The van der Waals surface area contributed by atoms with Gasteiger partial charge in [-0.15, -0.1) is 0 Å². The third-order valence-corrected chi connectivity index (χ3v) is 5.84. The van der Waals surface area contributed by atoms with Crippen LogP contribution in [0.3, 0.4) is 0 Å². The molecule has 5 rings (SSSR count). The van der Waals surface area contributed by atoms with Crippen molar-refractivity contribution in [2.75, 3.05) is 4.90 Å². The summed E-state index contributed by atoms with van der Waals surface area (Å²) in [7, 11) is 0. The minimum Gasteiger partial charge on any atom is -0.351 e. The average molecular weight is 411 g/mol. The number of benzene rings is 2. The third-order valence-electron chi connectivity index (χ3n) is 5.52. The molecule has 0 unspecified atom stereocenters. The second kappa shape index (κ2) is 7.76. The molecule has 4 nitrogen and oxygen atoms in total. The van der Waals surface area contributed by atoms with Gasteiger partial charge < -0.3 is 14.8 Å². The van der Waals surface area contributed by atoms with Crippen molar-refractivity contribution in [1.29, 1.82) is 0 Å². The number of pyridine rings is 1. The molecule has 0 spiro atoms. The number of para-hydroxylation sites is 1. The maximum atomic E-state index is 5.79. The molecule has 0 amide bonds. The highest BCUT2D eigenvalue weighted by Gasteiger charge is 2.41. The zero-order valence-electron chi connectivity index (χ0n) is 16.6. The fraction of sp³-hybridized carbons (Fsp3) is 0.120. The van der Waals surface area contributed by atoms with Crippen molar-refractivity contribution >= 4 is 23.0 Å². The van der Waals surface area contributed by atoms with E-state index in [1.807, 2.05) is 24.4 Å². The molecule has 0 aliphatic carbocycles. The van der Waals surface area contributed by atoms with Crippen molar-refractivity contribution in [3.63, 3.8) is 0 Å². The van der Waals surface area contributed by atoms with E-state index in [1.165, 1.54) is 11.1 Å². The SMILES string of the molecule is Cc1ccc(N2C(=S)N[C@@H](c3ccccn3)[C@H]2c2ccn(-c3ccccc3)c2)cc1. The molecule has 1 fully saturated rings. The molecule has 2 aromatic heterocycles. The summed E-state index contributed by atoms with van der Waals surface area (Å²) < 4.78 is 2.15. The zero-order chi connectivity index (χ0) is 20.5. The van der Waals surface area contributed by atoms with Crippen LogP contribution >= 0.6 is 12.2 Å². The Kier molecular flexibility index (Phi) is 4.81. The van der Waals surface area contributed by atoms with Crippen LogP contribution in [0.15, 0.2) is 97.5 Å². The lowest BCUT2D eigenvalue weighted by Gasteiger charge is -2.27. The molecule has 5 heteroatoms. The highest BCUT2D eigenvalue weighted by molar-refractivity contribution is 7.80. The Morgan fingerprint density at radius 3 is 2.37 bits per heavy atom. The number of anilines is 1. The van der Waals surface area contributed by atoms with Gasteiger partial charge in [0.1, 0.15) is 0 Å². The molecular formula is C25H22N4S. The fourth-order valence-electron chi connectivity index (χ4n) is 4.03. The summed E-state index contributed by atoms with van der Waals surface area (Å²) in [5, 5.41) is 4.23. The second-order valence-corrected chi connectivity index (χ2v) is 7.91. The van der Waals surface area contributed by atoms with E-state index >= 15 is 0 Å². The van der Waals surface area contributed by atoms with E-state index in [1.54, 1.807) is 0 Å².